The van der Waals surface area contributed by atoms with E-state index in [4.69, 9.17) is 5.14 Å². The summed E-state index contributed by atoms with van der Waals surface area (Å²) in [6, 6.07) is 3.55. The minimum Gasteiger partial charge on any atom is -0.251 e. The quantitative estimate of drug-likeness (QED) is 0.839. The fourth-order valence-corrected chi connectivity index (χ4v) is 3.08. The van der Waals surface area contributed by atoms with Gasteiger partial charge in [-0.05, 0) is 49.9 Å². The number of alkyl halides is 3. The van der Waals surface area contributed by atoms with Crippen molar-refractivity contribution < 1.29 is 17.4 Å². The second-order valence-corrected chi connectivity index (χ2v) is 7.95. The topological polar surface area (TPSA) is 43.1 Å². The smallest absolute Gasteiger partial charge is 0.251 e. The van der Waals surface area contributed by atoms with Crippen LogP contribution in [0.25, 0.3) is 0 Å². The minimum absolute atomic E-state index is 0.200. The van der Waals surface area contributed by atoms with Gasteiger partial charge in [0.15, 0.2) is 0 Å². The fraction of sp³-hybridized carbons (Fsp3) is 0.538. The fourth-order valence-electron chi connectivity index (χ4n) is 2.03. The Balaban J connectivity index is 3.10. The van der Waals surface area contributed by atoms with Crippen LogP contribution >= 0.6 is 15.9 Å². The predicted molar refractivity (Wildman–Crippen MR) is 78.6 cm³/mol. The summed E-state index contributed by atoms with van der Waals surface area (Å²) in [5.41, 5.74) is -0.146. The van der Waals surface area contributed by atoms with Crippen LogP contribution in [0.4, 0.5) is 13.2 Å². The van der Waals surface area contributed by atoms with Crippen molar-refractivity contribution in [2.24, 2.45) is 5.14 Å². The molecule has 0 amide bonds. The lowest BCUT2D eigenvalue weighted by atomic mass is 9.90. The van der Waals surface area contributed by atoms with E-state index in [1.807, 2.05) is 0 Å². The van der Waals surface area contributed by atoms with E-state index in [0.717, 1.165) is 12.1 Å². The van der Waals surface area contributed by atoms with Crippen molar-refractivity contribution in [2.75, 3.05) is 0 Å². The first kappa shape index (κ1) is 17.7. The molecule has 20 heavy (non-hydrogen) atoms. The molecule has 0 saturated heterocycles. The lowest BCUT2D eigenvalue weighted by Crippen LogP contribution is -2.33. The van der Waals surface area contributed by atoms with Gasteiger partial charge in [0.2, 0.25) is 0 Å². The van der Waals surface area contributed by atoms with Gasteiger partial charge < -0.3 is 0 Å². The third-order valence-corrected chi connectivity index (χ3v) is 5.17. The highest BCUT2D eigenvalue weighted by molar-refractivity contribution is 9.10. The van der Waals surface area contributed by atoms with E-state index in [-0.39, 0.29) is 5.92 Å². The second kappa shape index (κ2) is 6.15. The molecule has 2 unspecified atom stereocenters. The molecule has 0 fully saturated rings. The molecule has 2 atom stereocenters. The summed E-state index contributed by atoms with van der Waals surface area (Å²) in [6.07, 6.45) is -3.95. The van der Waals surface area contributed by atoms with Gasteiger partial charge in [0.1, 0.15) is 0 Å². The van der Waals surface area contributed by atoms with Crippen molar-refractivity contribution >= 4 is 26.9 Å². The van der Waals surface area contributed by atoms with Gasteiger partial charge in [0.25, 0.3) is 0 Å². The standard InChI is InChI=1S/C13H17BrF3NOS/c1-8(7-12(2,3)20(18)19)10-6-9(13(15,16)17)4-5-11(10)14/h4-6,8H,7,18H2,1-3H3. The number of hydrogen-bond donors (Lipinski definition) is 1. The second-order valence-electron chi connectivity index (χ2n) is 5.40. The number of halogens is 4. The van der Waals surface area contributed by atoms with E-state index < -0.39 is 27.5 Å². The first-order valence-electron chi connectivity index (χ1n) is 5.98. The zero-order chi connectivity index (χ0) is 15.7. The third-order valence-electron chi connectivity index (χ3n) is 3.20. The highest BCUT2D eigenvalue weighted by atomic mass is 79.9. The van der Waals surface area contributed by atoms with Crippen molar-refractivity contribution in [3.05, 3.63) is 33.8 Å². The molecule has 2 N–H and O–H groups in total. The van der Waals surface area contributed by atoms with Crippen LogP contribution in [-0.2, 0) is 17.2 Å². The summed E-state index contributed by atoms with van der Waals surface area (Å²) in [5, 5.41) is 5.41. The first-order valence-corrected chi connectivity index (χ1v) is 7.98. The van der Waals surface area contributed by atoms with Crippen molar-refractivity contribution in [3.8, 4) is 0 Å². The summed E-state index contributed by atoms with van der Waals surface area (Å²) < 4.78 is 49.6. The minimum atomic E-state index is -4.37. The molecule has 0 bridgehead atoms. The maximum atomic E-state index is 12.7. The Morgan fingerprint density at radius 3 is 2.35 bits per heavy atom. The van der Waals surface area contributed by atoms with E-state index in [9.17, 15) is 17.4 Å². The van der Waals surface area contributed by atoms with Crippen molar-refractivity contribution in [3.63, 3.8) is 0 Å². The van der Waals surface area contributed by atoms with E-state index >= 15 is 0 Å². The lowest BCUT2D eigenvalue weighted by Gasteiger charge is -2.26. The van der Waals surface area contributed by atoms with Gasteiger partial charge in [0.05, 0.1) is 21.3 Å². The van der Waals surface area contributed by atoms with Gasteiger partial charge in [-0.2, -0.15) is 13.2 Å². The van der Waals surface area contributed by atoms with Crippen LogP contribution in [0, 0.1) is 0 Å². The Hall–Kier alpha value is -0.400. The largest absolute Gasteiger partial charge is 0.416 e. The molecule has 114 valence electrons. The summed E-state index contributed by atoms with van der Waals surface area (Å²) in [7, 11) is -1.54. The molecule has 7 heteroatoms. The summed E-state index contributed by atoms with van der Waals surface area (Å²) in [5.74, 6) is -0.200. The van der Waals surface area contributed by atoms with Crippen LogP contribution in [0.2, 0.25) is 0 Å². The molecule has 2 nitrogen and oxygen atoms in total. The van der Waals surface area contributed by atoms with Gasteiger partial charge in [0, 0.05) is 4.47 Å². The molecule has 0 aliphatic carbocycles. The molecule has 0 spiro atoms. The van der Waals surface area contributed by atoms with Gasteiger partial charge in [-0.1, -0.05) is 22.9 Å². The number of benzene rings is 1. The number of nitrogens with two attached hydrogens (primary N) is 1. The molecule has 0 heterocycles. The molecule has 1 aromatic rings. The zero-order valence-corrected chi connectivity index (χ0v) is 13.8. The normalized spacial score (nSPS) is 16.0. The summed E-state index contributed by atoms with van der Waals surface area (Å²) in [6.45, 7) is 5.27. The van der Waals surface area contributed by atoms with Gasteiger partial charge in [-0.3, -0.25) is 5.14 Å². The van der Waals surface area contributed by atoms with Gasteiger partial charge >= 0.3 is 6.18 Å². The van der Waals surface area contributed by atoms with Crippen molar-refractivity contribution in [1.29, 1.82) is 0 Å². The molecule has 0 aliphatic heterocycles. The Morgan fingerprint density at radius 2 is 1.90 bits per heavy atom. The van der Waals surface area contributed by atoms with Crippen LogP contribution in [-0.4, -0.2) is 8.96 Å². The van der Waals surface area contributed by atoms with Crippen molar-refractivity contribution in [1.82, 2.24) is 0 Å². The van der Waals surface area contributed by atoms with E-state index in [2.05, 4.69) is 15.9 Å². The number of rotatable bonds is 4. The van der Waals surface area contributed by atoms with E-state index in [0.29, 0.717) is 16.5 Å². The highest BCUT2D eigenvalue weighted by Crippen LogP contribution is 2.37. The zero-order valence-electron chi connectivity index (χ0n) is 11.4. The molecule has 0 radical (unpaired) electrons. The maximum absolute atomic E-state index is 12.7. The van der Waals surface area contributed by atoms with Gasteiger partial charge in [-0.15, -0.1) is 0 Å². The van der Waals surface area contributed by atoms with Crippen molar-refractivity contribution in [2.45, 2.75) is 44.0 Å². The van der Waals surface area contributed by atoms with Gasteiger partial charge in [-0.25, -0.2) is 4.21 Å². The Kier molecular flexibility index (Phi) is 5.43. The molecule has 1 rings (SSSR count). The molecular weight excluding hydrogens is 355 g/mol. The van der Waals surface area contributed by atoms with Crippen LogP contribution in [0.3, 0.4) is 0 Å². The molecular formula is C13H17BrF3NOS. The lowest BCUT2D eigenvalue weighted by molar-refractivity contribution is -0.137. The summed E-state index contributed by atoms with van der Waals surface area (Å²) in [4.78, 5) is 0. The maximum Gasteiger partial charge on any atom is 0.416 e. The first-order chi connectivity index (χ1) is 8.95. The monoisotopic (exact) mass is 371 g/mol. The summed E-state index contributed by atoms with van der Waals surface area (Å²) >= 11 is 3.27. The molecule has 1 aromatic carbocycles. The Labute approximate surface area is 127 Å². The van der Waals surface area contributed by atoms with Crippen LogP contribution < -0.4 is 5.14 Å². The highest BCUT2D eigenvalue weighted by Gasteiger charge is 2.32. The SMILES string of the molecule is CC(CC(C)(C)S(N)=O)c1cc(C(F)(F)F)ccc1Br. The van der Waals surface area contributed by atoms with E-state index in [1.54, 1.807) is 20.8 Å². The molecule has 0 saturated carbocycles. The number of hydrogen-bond acceptors (Lipinski definition) is 1. The molecule has 0 aliphatic rings. The predicted octanol–water partition coefficient (Wildman–Crippen LogP) is 4.36. The Bertz CT molecular complexity index is 517. The Morgan fingerprint density at radius 1 is 1.35 bits per heavy atom. The van der Waals surface area contributed by atoms with Crippen LogP contribution in [0.5, 0.6) is 0 Å². The van der Waals surface area contributed by atoms with Crippen LogP contribution in [0.1, 0.15) is 44.2 Å². The molecule has 0 aromatic heterocycles. The van der Waals surface area contributed by atoms with Crippen LogP contribution in [0.15, 0.2) is 22.7 Å². The average Bonchev–Trinajstić information content (AvgIpc) is 2.26. The third kappa shape index (κ3) is 4.30. The average molecular weight is 372 g/mol. The van der Waals surface area contributed by atoms with E-state index in [1.165, 1.54) is 6.07 Å².